The summed E-state index contributed by atoms with van der Waals surface area (Å²) in [6, 6.07) is 10.7. The normalized spacial score (nSPS) is 11.5. The van der Waals surface area contributed by atoms with Gasteiger partial charge in [0.2, 0.25) is 5.91 Å². The van der Waals surface area contributed by atoms with Crippen LogP contribution >= 0.6 is 0 Å². The van der Waals surface area contributed by atoms with Gasteiger partial charge in [-0.25, -0.2) is 0 Å². The molecule has 0 radical (unpaired) electrons. The Kier molecular flexibility index (Phi) is 8.36. The predicted molar refractivity (Wildman–Crippen MR) is 121 cm³/mol. The molecule has 0 aromatic heterocycles. The van der Waals surface area contributed by atoms with Crippen molar-refractivity contribution in [3.63, 3.8) is 0 Å². The average Bonchev–Trinajstić information content (AvgIpc) is 2.70. The monoisotopic (exact) mass is 462 g/mol. The maximum atomic E-state index is 12.8. The Morgan fingerprint density at radius 3 is 2.34 bits per heavy atom. The Balaban J connectivity index is 2.23. The summed E-state index contributed by atoms with van der Waals surface area (Å²) in [6.45, 7) is 4.66. The highest BCUT2D eigenvalue weighted by molar-refractivity contribution is 7.86. The van der Waals surface area contributed by atoms with Crippen LogP contribution in [0, 0.1) is 16.0 Å². The lowest BCUT2D eigenvalue weighted by molar-refractivity contribution is -0.384. The van der Waals surface area contributed by atoms with Crippen molar-refractivity contribution in [2.75, 3.05) is 19.9 Å². The quantitative estimate of drug-likeness (QED) is 0.229. The number of carbonyl (C=O) groups excluding carboxylic acids is 1. The van der Waals surface area contributed by atoms with Gasteiger partial charge in [0.15, 0.2) is 11.5 Å². The molecule has 0 fully saturated rings. The lowest BCUT2D eigenvalue weighted by atomic mass is 10.1. The molecule has 0 bridgehead atoms. The third-order valence-corrected chi connectivity index (χ3v) is 4.74. The highest BCUT2D eigenvalue weighted by atomic mass is 32.2. The van der Waals surface area contributed by atoms with Crippen LogP contribution < -0.4 is 8.92 Å². The number of nitro benzene ring substituents is 1. The summed E-state index contributed by atoms with van der Waals surface area (Å²) in [4.78, 5) is 24.7. The third kappa shape index (κ3) is 7.69. The lowest BCUT2D eigenvalue weighted by Crippen LogP contribution is -2.32. The SMILES string of the molecule is COc1ccc(CN(CC(C)C)C(=O)C=Cc2ccc([N+](=O)[O-])cc2)cc1OS(C)(=O)=O. The van der Waals surface area contributed by atoms with E-state index in [0.29, 0.717) is 17.7 Å². The summed E-state index contributed by atoms with van der Waals surface area (Å²) in [5.41, 5.74) is 1.30. The average molecular weight is 463 g/mol. The molecule has 0 atom stereocenters. The van der Waals surface area contributed by atoms with Gasteiger partial charge in [-0.3, -0.25) is 14.9 Å². The first kappa shape index (κ1) is 24.9. The van der Waals surface area contributed by atoms with Crippen LogP contribution in [0.5, 0.6) is 11.5 Å². The maximum Gasteiger partial charge on any atom is 0.306 e. The molecule has 0 spiro atoms. The summed E-state index contributed by atoms with van der Waals surface area (Å²) in [5.74, 6) is 0.250. The molecule has 2 aromatic carbocycles. The Morgan fingerprint density at radius 2 is 1.81 bits per heavy atom. The zero-order valence-electron chi connectivity index (χ0n) is 18.3. The van der Waals surface area contributed by atoms with E-state index in [1.54, 1.807) is 35.2 Å². The van der Waals surface area contributed by atoms with E-state index in [1.165, 1.54) is 31.4 Å². The molecule has 0 aliphatic heterocycles. The predicted octanol–water partition coefficient (Wildman–Crippen LogP) is 3.64. The van der Waals surface area contributed by atoms with E-state index >= 15 is 0 Å². The molecule has 2 aromatic rings. The van der Waals surface area contributed by atoms with Crippen LogP contribution in [-0.2, 0) is 21.5 Å². The molecule has 1 amide bonds. The summed E-state index contributed by atoms with van der Waals surface area (Å²) in [5, 5.41) is 10.8. The van der Waals surface area contributed by atoms with Gasteiger partial charge in [0.25, 0.3) is 5.69 Å². The Bertz CT molecular complexity index is 1090. The molecule has 0 saturated heterocycles. The second-order valence-corrected chi connectivity index (χ2v) is 9.14. The Labute approximate surface area is 187 Å². The van der Waals surface area contributed by atoms with Crippen LogP contribution in [0.1, 0.15) is 25.0 Å². The minimum absolute atomic E-state index is 0.0264. The summed E-state index contributed by atoms with van der Waals surface area (Å²) < 4.78 is 33.2. The van der Waals surface area contributed by atoms with Gasteiger partial charge in [0.05, 0.1) is 18.3 Å². The second-order valence-electron chi connectivity index (χ2n) is 7.57. The number of benzene rings is 2. The topological polar surface area (TPSA) is 116 Å². The maximum absolute atomic E-state index is 12.8. The smallest absolute Gasteiger partial charge is 0.306 e. The van der Waals surface area contributed by atoms with Crippen molar-refractivity contribution in [3.05, 3.63) is 69.8 Å². The van der Waals surface area contributed by atoms with Crippen molar-refractivity contribution in [1.82, 2.24) is 4.90 Å². The fraction of sp³-hybridized carbons (Fsp3) is 0.318. The Morgan fingerprint density at radius 1 is 1.16 bits per heavy atom. The van der Waals surface area contributed by atoms with E-state index < -0.39 is 15.0 Å². The van der Waals surface area contributed by atoms with Gasteiger partial charge < -0.3 is 13.8 Å². The third-order valence-electron chi connectivity index (χ3n) is 4.26. The van der Waals surface area contributed by atoms with Crippen molar-refractivity contribution in [2.45, 2.75) is 20.4 Å². The molecule has 0 aliphatic rings. The van der Waals surface area contributed by atoms with E-state index in [-0.39, 0.29) is 35.6 Å². The lowest BCUT2D eigenvalue weighted by Gasteiger charge is -2.24. The van der Waals surface area contributed by atoms with Crippen LogP contribution in [0.2, 0.25) is 0 Å². The summed E-state index contributed by atoms with van der Waals surface area (Å²) >= 11 is 0. The number of hydrogen-bond acceptors (Lipinski definition) is 7. The van der Waals surface area contributed by atoms with E-state index in [0.717, 1.165) is 6.26 Å². The van der Waals surface area contributed by atoms with Crippen LogP contribution in [0.15, 0.2) is 48.5 Å². The molecular formula is C22H26N2O7S. The van der Waals surface area contributed by atoms with Gasteiger partial charge in [0, 0.05) is 31.3 Å². The highest BCUT2D eigenvalue weighted by Crippen LogP contribution is 2.29. The van der Waals surface area contributed by atoms with Gasteiger partial charge >= 0.3 is 10.1 Å². The van der Waals surface area contributed by atoms with E-state index in [2.05, 4.69) is 0 Å². The molecule has 10 heteroatoms. The molecule has 172 valence electrons. The number of amides is 1. The highest BCUT2D eigenvalue weighted by Gasteiger charge is 2.16. The standard InChI is InChI=1S/C22H26N2O7S/c1-16(2)14-23(22(25)12-8-17-5-9-19(10-6-17)24(26)27)15-18-7-11-20(30-3)21(13-18)31-32(4,28)29/h5-13,16H,14-15H2,1-4H3. The number of rotatable bonds is 10. The fourth-order valence-corrected chi connectivity index (χ4v) is 3.38. The Hall–Kier alpha value is -3.40. The molecule has 0 aliphatic carbocycles. The van der Waals surface area contributed by atoms with Gasteiger partial charge in [-0.2, -0.15) is 8.42 Å². The first-order valence-corrected chi connectivity index (χ1v) is 11.6. The van der Waals surface area contributed by atoms with Gasteiger partial charge in [-0.05, 0) is 47.4 Å². The van der Waals surface area contributed by atoms with Gasteiger partial charge in [-0.1, -0.05) is 19.9 Å². The molecule has 0 unspecified atom stereocenters. The largest absolute Gasteiger partial charge is 0.493 e. The minimum atomic E-state index is -3.75. The molecule has 9 nitrogen and oxygen atoms in total. The van der Waals surface area contributed by atoms with Crippen molar-refractivity contribution >= 4 is 27.8 Å². The van der Waals surface area contributed by atoms with E-state index in [9.17, 15) is 23.3 Å². The molecule has 0 saturated carbocycles. The van der Waals surface area contributed by atoms with Crippen molar-refractivity contribution in [2.24, 2.45) is 5.92 Å². The molecule has 32 heavy (non-hydrogen) atoms. The van der Waals surface area contributed by atoms with E-state index in [4.69, 9.17) is 8.92 Å². The minimum Gasteiger partial charge on any atom is -0.493 e. The number of nitrogens with zero attached hydrogens (tertiary/aromatic N) is 2. The zero-order chi connectivity index (χ0) is 23.9. The van der Waals surface area contributed by atoms with Crippen LogP contribution in [-0.4, -0.2) is 44.1 Å². The van der Waals surface area contributed by atoms with Crippen molar-refractivity contribution < 1.29 is 27.1 Å². The van der Waals surface area contributed by atoms with Crippen LogP contribution in [0.25, 0.3) is 6.08 Å². The van der Waals surface area contributed by atoms with Gasteiger partial charge in [0.1, 0.15) is 0 Å². The summed E-state index contributed by atoms with van der Waals surface area (Å²) in [7, 11) is -2.35. The molecule has 0 heterocycles. The summed E-state index contributed by atoms with van der Waals surface area (Å²) in [6.07, 6.45) is 3.93. The number of methoxy groups -OCH3 is 1. The number of carbonyl (C=O) groups is 1. The first-order chi connectivity index (χ1) is 15.0. The molecule has 0 N–H and O–H groups in total. The first-order valence-electron chi connectivity index (χ1n) is 9.76. The fourth-order valence-electron chi connectivity index (χ4n) is 2.92. The van der Waals surface area contributed by atoms with E-state index in [1.807, 2.05) is 13.8 Å². The van der Waals surface area contributed by atoms with Crippen LogP contribution in [0.3, 0.4) is 0 Å². The second kappa shape index (κ2) is 10.8. The van der Waals surface area contributed by atoms with Crippen LogP contribution in [0.4, 0.5) is 5.69 Å². The zero-order valence-corrected chi connectivity index (χ0v) is 19.2. The molecule has 2 rings (SSSR count). The number of hydrogen-bond donors (Lipinski definition) is 0. The number of nitro groups is 1. The van der Waals surface area contributed by atoms with Crippen molar-refractivity contribution in [3.8, 4) is 11.5 Å². The number of non-ortho nitro benzene ring substituents is 1. The van der Waals surface area contributed by atoms with Crippen molar-refractivity contribution in [1.29, 1.82) is 0 Å². The van der Waals surface area contributed by atoms with Gasteiger partial charge in [-0.15, -0.1) is 0 Å². The molecular weight excluding hydrogens is 436 g/mol. The number of ether oxygens (including phenoxy) is 1.